The van der Waals surface area contributed by atoms with Crippen molar-refractivity contribution in [2.24, 2.45) is 0 Å². The summed E-state index contributed by atoms with van der Waals surface area (Å²) in [5, 5.41) is 0. The Labute approximate surface area is 87.8 Å². The van der Waals surface area contributed by atoms with Crippen LogP contribution in [-0.4, -0.2) is 10.8 Å². The van der Waals surface area contributed by atoms with Crippen molar-refractivity contribution in [1.29, 1.82) is 0 Å². The molecule has 1 aromatic heterocycles. The third-order valence-electron chi connectivity index (χ3n) is 2.00. The summed E-state index contributed by atoms with van der Waals surface area (Å²) in [7, 11) is 0. The number of Topliss-reactive ketones (excluding diaryl/α,β-unsaturated/α-hetero) is 1. The van der Waals surface area contributed by atoms with Crippen molar-refractivity contribution >= 4 is 5.78 Å². The van der Waals surface area contributed by atoms with Gasteiger partial charge in [-0.1, -0.05) is 18.2 Å². The summed E-state index contributed by atoms with van der Waals surface area (Å²) in [6.07, 6.45) is 1.91. The molecule has 1 heterocycles. The van der Waals surface area contributed by atoms with Crippen molar-refractivity contribution in [2.75, 3.05) is 0 Å². The van der Waals surface area contributed by atoms with Crippen LogP contribution in [0.5, 0.6) is 0 Å². The number of benzene rings is 1. The van der Waals surface area contributed by atoms with Crippen LogP contribution in [0.4, 0.5) is 0 Å². The van der Waals surface area contributed by atoms with Crippen molar-refractivity contribution in [3.8, 4) is 11.5 Å². The Morgan fingerprint density at radius 2 is 2.07 bits per heavy atom. The zero-order valence-electron chi connectivity index (χ0n) is 8.43. The normalized spacial score (nSPS) is 10.2. The van der Waals surface area contributed by atoms with E-state index in [2.05, 4.69) is 4.98 Å². The van der Waals surface area contributed by atoms with Crippen molar-refractivity contribution in [1.82, 2.24) is 4.98 Å². The molecule has 0 aliphatic carbocycles. The van der Waals surface area contributed by atoms with E-state index in [1.807, 2.05) is 30.3 Å². The Bertz CT molecular complexity index is 459. The van der Waals surface area contributed by atoms with E-state index in [-0.39, 0.29) is 5.78 Å². The van der Waals surface area contributed by atoms with Crippen molar-refractivity contribution in [2.45, 2.75) is 13.3 Å². The third kappa shape index (κ3) is 2.31. The Morgan fingerprint density at radius 1 is 1.33 bits per heavy atom. The van der Waals surface area contributed by atoms with Crippen LogP contribution in [0.1, 0.15) is 12.7 Å². The summed E-state index contributed by atoms with van der Waals surface area (Å²) in [4.78, 5) is 15.0. The molecule has 0 spiro atoms. The molecule has 15 heavy (non-hydrogen) atoms. The molecule has 1 aromatic carbocycles. The van der Waals surface area contributed by atoms with Gasteiger partial charge in [0, 0.05) is 5.56 Å². The SMILES string of the molecule is CC(=O)Cc1cnc(-c2ccccc2)o1. The molecule has 0 unspecified atom stereocenters. The molecule has 0 atom stereocenters. The van der Waals surface area contributed by atoms with E-state index >= 15 is 0 Å². The molecule has 0 saturated carbocycles. The van der Waals surface area contributed by atoms with Gasteiger partial charge < -0.3 is 4.42 Å². The molecule has 0 aliphatic heterocycles. The number of carbonyl (C=O) groups excluding carboxylic acids is 1. The molecule has 0 fully saturated rings. The first-order chi connectivity index (χ1) is 7.25. The standard InChI is InChI=1S/C12H11NO2/c1-9(14)7-11-8-13-12(15-11)10-5-3-2-4-6-10/h2-6,8H,7H2,1H3. The van der Waals surface area contributed by atoms with Gasteiger partial charge in [-0.3, -0.25) is 4.79 Å². The zero-order valence-corrected chi connectivity index (χ0v) is 8.43. The lowest BCUT2D eigenvalue weighted by Crippen LogP contribution is -1.93. The molecule has 76 valence electrons. The minimum atomic E-state index is 0.0748. The minimum absolute atomic E-state index is 0.0748. The highest BCUT2D eigenvalue weighted by Crippen LogP contribution is 2.18. The average molecular weight is 201 g/mol. The first kappa shape index (κ1) is 9.65. The van der Waals surface area contributed by atoms with Crippen LogP contribution in [0, 0.1) is 0 Å². The molecule has 2 aromatic rings. The zero-order chi connectivity index (χ0) is 10.7. The second-order valence-corrected chi connectivity index (χ2v) is 3.38. The van der Waals surface area contributed by atoms with Crippen LogP contribution in [0.3, 0.4) is 0 Å². The van der Waals surface area contributed by atoms with Gasteiger partial charge in [0.25, 0.3) is 0 Å². The fourth-order valence-corrected chi connectivity index (χ4v) is 1.35. The summed E-state index contributed by atoms with van der Waals surface area (Å²) in [5.74, 6) is 1.25. The maximum Gasteiger partial charge on any atom is 0.226 e. The molecule has 0 aliphatic rings. The fraction of sp³-hybridized carbons (Fsp3) is 0.167. The summed E-state index contributed by atoms with van der Waals surface area (Å²) in [5.41, 5.74) is 0.923. The van der Waals surface area contributed by atoms with E-state index in [0.717, 1.165) is 5.56 Å². The molecular formula is C12H11NO2. The van der Waals surface area contributed by atoms with E-state index in [0.29, 0.717) is 18.1 Å². The number of aromatic nitrogens is 1. The molecule has 3 nitrogen and oxygen atoms in total. The van der Waals surface area contributed by atoms with Gasteiger partial charge >= 0.3 is 0 Å². The lowest BCUT2D eigenvalue weighted by Gasteiger charge is -1.93. The summed E-state index contributed by atoms with van der Waals surface area (Å²) in [6, 6.07) is 9.62. The lowest BCUT2D eigenvalue weighted by atomic mass is 10.2. The lowest BCUT2D eigenvalue weighted by molar-refractivity contribution is -0.116. The third-order valence-corrected chi connectivity index (χ3v) is 2.00. The van der Waals surface area contributed by atoms with E-state index in [9.17, 15) is 4.79 Å². The van der Waals surface area contributed by atoms with Crippen LogP contribution in [0.2, 0.25) is 0 Å². The molecule has 0 N–H and O–H groups in total. The largest absolute Gasteiger partial charge is 0.441 e. The minimum Gasteiger partial charge on any atom is -0.441 e. The average Bonchev–Trinajstić information content (AvgIpc) is 2.67. The van der Waals surface area contributed by atoms with Crippen molar-refractivity contribution in [3.05, 3.63) is 42.3 Å². The highest BCUT2D eigenvalue weighted by Gasteiger charge is 2.07. The van der Waals surface area contributed by atoms with Gasteiger partial charge in [-0.2, -0.15) is 0 Å². The molecule has 3 heteroatoms. The molecule has 0 bridgehead atoms. The summed E-state index contributed by atoms with van der Waals surface area (Å²) < 4.78 is 5.45. The Morgan fingerprint density at radius 3 is 2.73 bits per heavy atom. The predicted octanol–water partition coefficient (Wildman–Crippen LogP) is 2.47. The van der Waals surface area contributed by atoms with Gasteiger partial charge in [0.15, 0.2) is 0 Å². The van der Waals surface area contributed by atoms with E-state index in [4.69, 9.17) is 4.42 Å². The maximum absolute atomic E-state index is 10.9. The molecule has 2 rings (SSSR count). The fourth-order valence-electron chi connectivity index (χ4n) is 1.35. The van der Waals surface area contributed by atoms with Gasteiger partial charge in [0.05, 0.1) is 12.6 Å². The van der Waals surface area contributed by atoms with Gasteiger partial charge in [0.2, 0.25) is 5.89 Å². The van der Waals surface area contributed by atoms with Gasteiger partial charge in [-0.25, -0.2) is 4.98 Å². The first-order valence-electron chi connectivity index (χ1n) is 4.75. The number of ketones is 1. The number of nitrogens with zero attached hydrogens (tertiary/aromatic N) is 1. The second kappa shape index (κ2) is 4.09. The Hall–Kier alpha value is -1.90. The van der Waals surface area contributed by atoms with Crippen molar-refractivity contribution in [3.63, 3.8) is 0 Å². The molecule has 0 amide bonds. The van der Waals surface area contributed by atoms with E-state index in [1.165, 1.54) is 6.92 Å². The number of hydrogen-bond donors (Lipinski definition) is 0. The second-order valence-electron chi connectivity index (χ2n) is 3.38. The topological polar surface area (TPSA) is 43.1 Å². The van der Waals surface area contributed by atoms with Crippen LogP contribution in [0.25, 0.3) is 11.5 Å². The monoisotopic (exact) mass is 201 g/mol. The van der Waals surface area contributed by atoms with Gasteiger partial charge in [-0.05, 0) is 19.1 Å². The predicted molar refractivity (Wildman–Crippen MR) is 56.3 cm³/mol. The van der Waals surface area contributed by atoms with Crippen LogP contribution < -0.4 is 0 Å². The molecule has 0 saturated heterocycles. The number of rotatable bonds is 3. The highest BCUT2D eigenvalue weighted by atomic mass is 16.4. The maximum atomic E-state index is 10.9. The van der Waals surface area contributed by atoms with Crippen LogP contribution in [0.15, 0.2) is 40.9 Å². The van der Waals surface area contributed by atoms with E-state index in [1.54, 1.807) is 6.20 Å². The van der Waals surface area contributed by atoms with E-state index < -0.39 is 0 Å². The summed E-state index contributed by atoms with van der Waals surface area (Å²) >= 11 is 0. The highest BCUT2D eigenvalue weighted by molar-refractivity contribution is 5.77. The van der Waals surface area contributed by atoms with Crippen LogP contribution >= 0.6 is 0 Å². The van der Waals surface area contributed by atoms with Crippen molar-refractivity contribution < 1.29 is 9.21 Å². The Balaban J connectivity index is 2.24. The van der Waals surface area contributed by atoms with Gasteiger partial charge in [0.1, 0.15) is 11.5 Å². The summed E-state index contributed by atoms with van der Waals surface area (Å²) in [6.45, 7) is 1.53. The Kier molecular flexibility index (Phi) is 2.63. The van der Waals surface area contributed by atoms with Gasteiger partial charge in [-0.15, -0.1) is 0 Å². The van der Waals surface area contributed by atoms with Crippen LogP contribution in [-0.2, 0) is 11.2 Å². The quantitative estimate of drug-likeness (QED) is 0.766. The number of carbonyl (C=O) groups is 1. The molecular weight excluding hydrogens is 190 g/mol. The molecule has 0 radical (unpaired) electrons. The number of oxazole rings is 1. The number of hydrogen-bond acceptors (Lipinski definition) is 3. The smallest absolute Gasteiger partial charge is 0.226 e. The first-order valence-corrected chi connectivity index (χ1v) is 4.75.